The normalized spacial score (nSPS) is 10.8. The molecule has 28 heavy (non-hydrogen) atoms. The molecule has 4 N–H and O–H groups in total. The van der Waals surface area contributed by atoms with Gasteiger partial charge in [0.25, 0.3) is 5.91 Å². The Labute approximate surface area is 160 Å². The molecule has 3 aromatic carbocycles. The molecule has 7 heteroatoms. The number of nitrogens with one attached hydrogen (secondary N) is 2. The highest BCUT2D eigenvalue weighted by atomic mass is 16.5. The number of methoxy groups -OCH3 is 1. The second-order valence-corrected chi connectivity index (χ2v) is 6.17. The average molecular weight is 375 g/mol. The Morgan fingerprint density at radius 2 is 1.75 bits per heavy atom. The lowest BCUT2D eigenvalue weighted by Crippen LogP contribution is -2.20. The zero-order chi connectivity index (χ0) is 19.7. The van der Waals surface area contributed by atoms with Gasteiger partial charge in [-0.05, 0) is 30.3 Å². The van der Waals surface area contributed by atoms with E-state index in [1.165, 1.54) is 13.2 Å². The number of primary amides is 1. The molecule has 7 nitrogen and oxygen atoms in total. The Morgan fingerprint density at radius 1 is 0.929 bits per heavy atom. The number of carbonyl (C=O) groups is 2. The number of hydrogen-bond acceptors (Lipinski definition) is 4. The summed E-state index contributed by atoms with van der Waals surface area (Å²) in [4.78, 5) is 23.7. The predicted molar refractivity (Wildman–Crippen MR) is 108 cm³/mol. The molecule has 0 fully saturated rings. The Balaban J connectivity index is 1.69. The topological polar surface area (TPSA) is 107 Å². The summed E-state index contributed by atoms with van der Waals surface area (Å²) in [5, 5.41) is 7.14. The summed E-state index contributed by atoms with van der Waals surface area (Å²) in [7, 11) is 1.54. The van der Waals surface area contributed by atoms with Crippen molar-refractivity contribution < 1.29 is 18.7 Å². The molecule has 0 aliphatic heterocycles. The van der Waals surface area contributed by atoms with Gasteiger partial charge in [-0.25, -0.2) is 4.79 Å². The van der Waals surface area contributed by atoms with E-state index in [0.717, 1.165) is 16.4 Å². The lowest BCUT2D eigenvalue weighted by Gasteiger charge is -2.11. The third-order valence-electron chi connectivity index (χ3n) is 4.34. The minimum absolute atomic E-state index is 0.359. The van der Waals surface area contributed by atoms with Crippen LogP contribution < -0.4 is 21.1 Å². The van der Waals surface area contributed by atoms with Gasteiger partial charge in [0.05, 0.1) is 12.8 Å². The van der Waals surface area contributed by atoms with Crippen molar-refractivity contribution in [1.82, 2.24) is 0 Å². The lowest BCUT2D eigenvalue weighted by molar-refractivity contribution is 0.102. The maximum absolute atomic E-state index is 12.7. The van der Waals surface area contributed by atoms with Crippen LogP contribution >= 0.6 is 0 Å². The van der Waals surface area contributed by atoms with E-state index in [0.29, 0.717) is 28.3 Å². The van der Waals surface area contributed by atoms with Gasteiger partial charge in [0.1, 0.15) is 16.9 Å². The number of nitrogens with two attached hydrogens (primary N) is 1. The molecule has 0 saturated carbocycles. The Morgan fingerprint density at radius 3 is 2.54 bits per heavy atom. The van der Waals surface area contributed by atoms with Crippen LogP contribution in [0.25, 0.3) is 21.9 Å². The van der Waals surface area contributed by atoms with Gasteiger partial charge in [-0.1, -0.05) is 24.3 Å². The van der Waals surface area contributed by atoms with Gasteiger partial charge >= 0.3 is 6.03 Å². The first-order valence-electron chi connectivity index (χ1n) is 8.52. The summed E-state index contributed by atoms with van der Waals surface area (Å²) >= 11 is 0. The van der Waals surface area contributed by atoms with Gasteiger partial charge in [-0.15, -0.1) is 0 Å². The number of urea groups is 1. The third kappa shape index (κ3) is 3.21. The van der Waals surface area contributed by atoms with Crippen molar-refractivity contribution in [2.24, 2.45) is 5.73 Å². The van der Waals surface area contributed by atoms with Crippen LogP contribution in [0.3, 0.4) is 0 Å². The summed E-state index contributed by atoms with van der Waals surface area (Å²) in [6, 6.07) is 17.0. The summed E-state index contributed by atoms with van der Waals surface area (Å²) in [5.74, 6) is 0.153. The second-order valence-electron chi connectivity index (χ2n) is 6.17. The molecule has 4 rings (SSSR count). The number of fused-ring (bicyclic) bond motifs is 3. The molecule has 3 amide bonds. The zero-order valence-corrected chi connectivity index (χ0v) is 15.0. The fraction of sp³-hybridized carbons (Fsp3) is 0.0476. The Bertz CT molecular complexity index is 1210. The number of rotatable bonds is 4. The Kier molecular flexibility index (Phi) is 4.33. The van der Waals surface area contributed by atoms with E-state index < -0.39 is 6.03 Å². The van der Waals surface area contributed by atoms with E-state index in [4.69, 9.17) is 14.9 Å². The molecule has 1 aromatic heterocycles. The lowest BCUT2D eigenvalue weighted by atomic mass is 10.1. The maximum Gasteiger partial charge on any atom is 0.316 e. The number of carbonyl (C=O) groups excluding carboxylic acids is 2. The van der Waals surface area contributed by atoms with E-state index in [2.05, 4.69) is 10.6 Å². The molecule has 0 atom stereocenters. The monoisotopic (exact) mass is 375 g/mol. The summed E-state index contributed by atoms with van der Waals surface area (Å²) in [6.45, 7) is 0. The molecule has 0 spiro atoms. The van der Waals surface area contributed by atoms with E-state index >= 15 is 0 Å². The van der Waals surface area contributed by atoms with Crippen LogP contribution in [0.2, 0.25) is 0 Å². The van der Waals surface area contributed by atoms with Crippen LogP contribution in [0.4, 0.5) is 16.2 Å². The number of hydrogen-bond donors (Lipinski definition) is 3. The van der Waals surface area contributed by atoms with Crippen LogP contribution in [0, 0.1) is 0 Å². The molecule has 0 aliphatic carbocycles. The van der Waals surface area contributed by atoms with Gasteiger partial charge in [0.2, 0.25) is 0 Å². The maximum atomic E-state index is 12.7. The molecule has 140 valence electrons. The van der Waals surface area contributed by atoms with Crippen molar-refractivity contribution in [3.05, 3.63) is 66.2 Å². The molecule has 1 heterocycles. The van der Waals surface area contributed by atoms with Crippen molar-refractivity contribution in [3.8, 4) is 5.75 Å². The fourth-order valence-corrected chi connectivity index (χ4v) is 3.09. The first-order chi connectivity index (χ1) is 13.5. The van der Waals surface area contributed by atoms with Crippen molar-refractivity contribution in [2.45, 2.75) is 0 Å². The quantitative estimate of drug-likeness (QED) is 0.493. The van der Waals surface area contributed by atoms with Gasteiger partial charge in [0.15, 0.2) is 0 Å². The predicted octanol–water partition coefficient (Wildman–Crippen LogP) is 4.34. The fourth-order valence-electron chi connectivity index (χ4n) is 3.09. The summed E-state index contributed by atoms with van der Waals surface area (Å²) in [6.07, 6.45) is 0. The van der Waals surface area contributed by atoms with Gasteiger partial charge in [-0.2, -0.15) is 0 Å². The molecular formula is C21H17N3O4. The summed E-state index contributed by atoms with van der Waals surface area (Å²) < 4.78 is 11.3. The SMILES string of the molecule is COc1cc2c(cc1NC(=O)c1cccc(NC(N)=O)c1)oc1ccccc12. The first kappa shape index (κ1) is 17.4. The number of furan rings is 1. The van der Waals surface area contributed by atoms with Crippen molar-refractivity contribution in [2.75, 3.05) is 17.7 Å². The number of para-hydroxylation sites is 1. The van der Waals surface area contributed by atoms with E-state index in [9.17, 15) is 9.59 Å². The highest BCUT2D eigenvalue weighted by molar-refractivity contribution is 6.10. The van der Waals surface area contributed by atoms with Crippen molar-refractivity contribution in [1.29, 1.82) is 0 Å². The summed E-state index contributed by atoms with van der Waals surface area (Å²) in [5.41, 5.74) is 7.79. The smallest absolute Gasteiger partial charge is 0.316 e. The minimum Gasteiger partial charge on any atom is -0.495 e. The second kappa shape index (κ2) is 6.96. The van der Waals surface area contributed by atoms with Crippen LogP contribution in [0.1, 0.15) is 10.4 Å². The Hall–Kier alpha value is -4.00. The molecule has 0 saturated heterocycles. The number of amides is 3. The average Bonchev–Trinajstić information content (AvgIpc) is 3.04. The van der Waals surface area contributed by atoms with E-state index in [1.54, 1.807) is 24.3 Å². The minimum atomic E-state index is -0.699. The van der Waals surface area contributed by atoms with E-state index in [1.807, 2.05) is 30.3 Å². The standard InChI is InChI=1S/C21H17N3O4/c1-27-19-10-15-14-7-2-3-8-17(14)28-18(15)11-16(19)24-20(25)12-5-4-6-13(9-12)23-21(22)26/h2-11H,1H3,(H,24,25)(H3,22,23,26). The van der Waals surface area contributed by atoms with Crippen LogP contribution in [-0.4, -0.2) is 19.0 Å². The van der Waals surface area contributed by atoms with Crippen molar-refractivity contribution >= 4 is 45.3 Å². The first-order valence-corrected chi connectivity index (χ1v) is 8.52. The third-order valence-corrected chi connectivity index (χ3v) is 4.34. The zero-order valence-electron chi connectivity index (χ0n) is 15.0. The van der Waals surface area contributed by atoms with Gasteiger partial charge in [-0.3, -0.25) is 4.79 Å². The van der Waals surface area contributed by atoms with Gasteiger partial charge in [0, 0.05) is 28.1 Å². The molecule has 4 aromatic rings. The van der Waals surface area contributed by atoms with E-state index in [-0.39, 0.29) is 5.91 Å². The van der Waals surface area contributed by atoms with Crippen LogP contribution in [0.15, 0.2) is 65.1 Å². The van der Waals surface area contributed by atoms with Crippen molar-refractivity contribution in [3.63, 3.8) is 0 Å². The molecular weight excluding hydrogens is 358 g/mol. The molecule has 0 radical (unpaired) electrons. The molecule has 0 bridgehead atoms. The van der Waals surface area contributed by atoms with Gasteiger partial charge < -0.3 is 25.5 Å². The molecule has 0 aliphatic rings. The number of benzene rings is 3. The largest absolute Gasteiger partial charge is 0.495 e. The van der Waals surface area contributed by atoms with Crippen LogP contribution in [-0.2, 0) is 0 Å². The number of anilines is 2. The highest BCUT2D eigenvalue weighted by Gasteiger charge is 2.15. The molecule has 0 unspecified atom stereocenters. The van der Waals surface area contributed by atoms with Crippen LogP contribution in [0.5, 0.6) is 5.75 Å². The highest BCUT2D eigenvalue weighted by Crippen LogP contribution is 2.36. The number of ether oxygens (including phenoxy) is 1.